The maximum atomic E-state index is 15.3. The number of carbonyl (C=O) groups is 3. The fourth-order valence-corrected chi connectivity index (χ4v) is 14.7. The lowest BCUT2D eigenvalue weighted by atomic mass is 9.67. The molecule has 8 rings (SSSR count). The number of aliphatic hydroxyl groups is 1. The number of aromatic nitrogens is 3. The Labute approximate surface area is 502 Å². The van der Waals surface area contributed by atoms with Crippen molar-refractivity contribution in [1.29, 1.82) is 0 Å². The van der Waals surface area contributed by atoms with E-state index in [4.69, 9.17) is 52.2 Å². The van der Waals surface area contributed by atoms with Crippen molar-refractivity contribution in [3.05, 3.63) is 47.3 Å². The highest BCUT2D eigenvalue weighted by molar-refractivity contribution is 6.01. The number of ketones is 1. The van der Waals surface area contributed by atoms with Crippen LogP contribution in [0.3, 0.4) is 0 Å². The second kappa shape index (κ2) is 28.5. The highest BCUT2D eigenvalue weighted by Crippen LogP contribution is 2.47. The molecule has 21 atom stereocenters. The maximum absolute atomic E-state index is 15.3. The summed E-state index contributed by atoms with van der Waals surface area (Å²) in [5, 5.41) is 26.1. The van der Waals surface area contributed by atoms with Gasteiger partial charge >= 0.3 is 12.1 Å². The third-order valence-electron chi connectivity index (χ3n) is 19.8. The van der Waals surface area contributed by atoms with E-state index in [9.17, 15) is 9.90 Å². The van der Waals surface area contributed by atoms with Crippen LogP contribution in [0.4, 0.5) is 9.18 Å². The number of alkyl halides is 1. The summed E-state index contributed by atoms with van der Waals surface area (Å²) in [5.74, 6) is -4.04. The molecule has 2 aromatic rings. The molecule has 2 unspecified atom stereocenters. The minimum absolute atomic E-state index is 0.0229. The first-order chi connectivity index (χ1) is 40.5. The van der Waals surface area contributed by atoms with E-state index in [0.29, 0.717) is 64.3 Å². The number of hydrogen-bond acceptors (Lipinski definition) is 20. The number of esters is 1. The standard InChI is InChI=1S/C62H98FN7O15/c1-16-50-62(10)55(70(59(74)84-62)64-31-41-22-24-79-33-41)39(6)53(71)35(2)28-61(9,78-15)57(37(4)52(38(5)58(73)82-50)49-29-60(8,77-14)56(72)40(7)81-49)83-51-26-45(25-36(3)80-51)68(11)23-21-44-32-69(67-65-44)48(30-63)54(76-13)43-19-17-42(18-20-43)47-27-46(34-75-12)85-66-47/h17-20,32,35-41,45-46,48-52,54-57,64,72H,16,21-31,33-34H2,1-15H3/t35-,36-,37+,38-,39+,40+,41?,45+,46+,48-,49-,50-,51+,52?,54-,55-,56+,57-,60-,61-,62-/m1/s1. The number of likely N-dealkylation sites (N-methyl/N-ethyl adjacent to an activating group) is 1. The second-order valence-corrected chi connectivity index (χ2v) is 25.8. The second-order valence-electron chi connectivity index (χ2n) is 25.8. The molecule has 5 fully saturated rings. The number of methoxy groups -OCH3 is 4. The number of carbonyl (C=O) groups excluding carboxylic acids is 3. The van der Waals surface area contributed by atoms with Gasteiger partial charge in [0.15, 0.2) is 18.0 Å². The van der Waals surface area contributed by atoms with E-state index in [1.807, 2.05) is 79.7 Å². The zero-order valence-corrected chi connectivity index (χ0v) is 52.9. The van der Waals surface area contributed by atoms with Gasteiger partial charge in [0.25, 0.3) is 0 Å². The lowest BCUT2D eigenvalue weighted by Crippen LogP contribution is -2.62. The van der Waals surface area contributed by atoms with Gasteiger partial charge in [-0.25, -0.2) is 24.3 Å². The molecule has 22 nitrogen and oxygen atoms in total. The number of hydrogen-bond donors (Lipinski definition) is 2. The monoisotopic (exact) mass is 1200 g/mol. The number of nitrogens with zero attached hydrogens (tertiary/aromatic N) is 6. The summed E-state index contributed by atoms with van der Waals surface area (Å²) in [6.45, 7) is 20.7. The van der Waals surface area contributed by atoms with Gasteiger partial charge in [-0.3, -0.25) is 9.59 Å². The molecule has 85 heavy (non-hydrogen) atoms. The molecule has 0 bridgehead atoms. The van der Waals surface area contributed by atoms with E-state index >= 15 is 14.0 Å². The first kappa shape index (κ1) is 66.7. The number of ether oxygens (including phenoxy) is 10. The molecule has 23 heteroatoms. The molecule has 1 aromatic carbocycles. The van der Waals surface area contributed by atoms with Gasteiger partial charge in [0.2, 0.25) is 0 Å². The summed E-state index contributed by atoms with van der Waals surface area (Å²) in [7, 11) is 8.42. The molecular formula is C62H98FN7O15. The number of hydrazine groups is 1. The lowest BCUT2D eigenvalue weighted by Gasteiger charge is -2.52. The number of cyclic esters (lactones) is 1. The predicted molar refractivity (Wildman–Crippen MR) is 311 cm³/mol. The number of oxime groups is 1. The van der Waals surface area contributed by atoms with Gasteiger partial charge < -0.3 is 62.2 Å². The molecule has 0 aliphatic carbocycles. The van der Waals surface area contributed by atoms with Gasteiger partial charge in [0, 0.05) is 104 Å². The van der Waals surface area contributed by atoms with E-state index in [2.05, 4.69) is 32.8 Å². The van der Waals surface area contributed by atoms with Crippen LogP contribution in [0.25, 0.3) is 0 Å². The molecule has 0 saturated carbocycles. The lowest BCUT2D eigenvalue weighted by molar-refractivity contribution is -0.278. The number of halogens is 1. The summed E-state index contributed by atoms with van der Waals surface area (Å²) in [6, 6.07) is 6.03. The molecule has 6 aliphatic rings. The van der Waals surface area contributed by atoms with Gasteiger partial charge in [-0.2, -0.15) is 0 Å². The Kier molecular flexibility index (Phi) is 22.3. The van der Waals surface area contributed by atoms with Crippen LogP contribution in [0.1, 0.15) is 143 Å². The van der Waals surface area contributed by atoms with Crippen molar-refractivity contribution < 1.29 is 76.1 Å². The summed E-state index contributed by atoms with van der Waals surface area (Å²) >= 11 is 0. The number of aliphatic hydroxyl groups excluding tert-OH is 1. The number of benzene rings is 1. The summed E-state index contributed by atoms with van der Waals surface area (Å²) in [5.41, 5.74) is 2.83. The Morgan fingerprint density at radius 2 is 1.68 bits per heavy atom. The average Bonchev–Trinajstić information content (AvgIpc) is 3.26. The van der Waals surface area contributed by atoms with E-state index in [1.165, 1.54) is 5.01 Å². The Bertz CT molecular complexity index is 2560. The zero-order chi connectivity index (χ0) is 61.7. The van der Waals surface area contributed by atoms with Crippen molar-refractivity contribution >= 4 is 23.6 Å². The molecule has 1 amide bonds. The average molecular weight is 1200 g/mol. The number of rotatable bonds is 21. The largest absolute Gasteiger partial charge is 0.458 e. The minimum Gasteiger partial charge on any atom is -0.458 e. The Hall–Kier alpha value is -4.27. The topological polar surface area (TPSA) is 235 Å². The highest BCUT2D eigenvalue weighted by Gasteiger charge is 2.62. The summed E-state index contributed by atoms with van der Waals surface area (Å²) in [4.78, 5) is 52.4. The van der Waals surface area contributed by atoms with E-state index in [1.54, 1.807) is 53.2 Å². The molecule has 7 heterocycles. The molecular weight excluding hydrogens is 1100 g/mol. The summed E-state index contributed by atoms with van der Waals surface area (Å²) in [6.07, 6.45) is -0.959. The van der Waals surface area contributed by atoms with Crippen LogP contribution in [0.15, 0.2) is 35.6 Å². The fourth-order valence-electron chi connectivity index (χ4n) is 14.7. The van der Waals surface area contributed by atoms with Crippen LogP contribution >= 0.6 is 0 Å². The fraction of sp³-hybridized carbons (Fsp3) is 0.806. The minimum atomic E-state index is -1.44. The Balaban J connectivity index is 1.05. The van der Waals surface area contributed by atoms with Gasteiger partial charge in [0.05, 0.1) is 66.2 Å². The Morgan fingerprint density at radius 3 is 2.33 bits per heavy atom. The van der Waals surface area contributed by atoms with Crippen LogP contribution in [0.5, 0.6) is 0 Å². The SMILES string of the molecule is CC[C@H]1OC(=O)[C@H](C)C([C@H]2C[C@@](C)(OC)[C@@H](O)[C@H](C)O2)[C@H](C)[C@@H](O[C@H]2C[C@@H](N(C)CCc3cn([C@H](CF)[C@H](OC)c4ccc(C5=NO[C@H](COC)C5)cc4)nn3)C[C@@H](C)O2)[C@](C)(OC)C[C@@H](C)C(=O)[C@H](C)[C@H]2N(NCC3CCOC3)C(=O)O[C@]12C. The van der Waals surface area contributed by atoms with Crippen LogP contribution < -0.4 is 5.43 Å². The molecule has 2 N–H and O–H groups in total. The smallest absolute Gasteiger partial charge is 0.425 e. The summed E-state index contributed by atoms with van der Waals surface area (Å²) < 4.78 is 80.0. The first-order valence-electron chi connectivity index (χ1n) is 30.8. The van der Waals surface area contributed by atoms with Crippen molar-refractivity contribution in [2.75, 3.05) is 75.1 Å². The molecule has 478 valence electrons. The zero-order valence-electron chi connectivity index (χ0n) is 52.9. The number of nitrogens with one attached hydrogen (secondary N) is 1. The number of Topliss-reactive ketones (excluding diaryl/α,β-unsaturated/α-hetero) is 1. The molecule has 6 aliphatic heterocycles. The van der Waals surface area contributed by atoms with E-state index < -0.39 is 120 Å². The predicted octanol–water partition coefficient (Wildman–Crippen LogP) is 6.99. The molecule has 0 radical (unpaired) electrons. The van der Waals surface area contributed by atoms with Gasteiger partial charge in [0.1, 0.15) is 42.9 Å². The molecule has 5 saturated heterocycles. The van der Waals surface area contributed by atoms with Crippen molar-refractivity contribution in [2.45, 2.75) is 211 Å². The van der Waals surface area contributed by atoms with Crippen LogP contribution in [0.2, 0.25) is 0 Å². The van der Waals surface area contributed by atoms with Crippen molar-refractivity contribution in [1.82, 2.24) is 30.3 Å². The van der Waals surface area contributed by atoms with Crippen molar-refractivity contribution in [3.63, 3.8) is 0 Å². The quantitative estimate of drug-likeness (QED) is 0.120. The van der Waals surface area contributed by atoms with Crippen molar-refractivity contribution in [2.24, 2.45) is 40.7 Å². The van der Waals surface area contributed by atoms with Crippen LogP contribution in [-0.2, 0) is 68.2 Å². The maximum Gasteiger partial charge on any atom is 0.425 e. The Morgan fingerprint density at radius 1 is 0.953 bits per heavy atom. The number of fused-ring (bicyclic) bond motifs is 1. The third-order valence-corrected chi connectivity index (χ3v) is 19.8. The van der Waals surface area contributed by atoms with E-state index in [-0.39, 0.29) is 49.2 Å². The molecule has 0 spiro atoms. The van der Waals surface area contributed by atoms with E-state index in [0.717, 1.165) is 23.3 Å². The van der Waals surface area contributed by atoms with Gasteiger partial charge in [-0.15, -0.1) is 5.10 Å². The molecule has 1 aromatic heterocycles. The normalized spacial score (nSPS) is 38.5. The third kappa shape index (κ3) is 14.4. The van der Waals surface area contributed by atoms with Crippen LogP contribution in [-0.4, -0.2) is 207 Å². The van der Waals surface area contributed by atoms with Crippen LogP contribution in [0, 0.1) is 35.5 Å². The highest BCUT2D eigenvalue weighted by atomic mass is 19.1. The first-order valence-corrected chi connectivity index (χ1v) is 30.8. The number of amides is 1. The van der Waals surface area contributed by atoms with Crippen molar-refractivity contribution in [3.8, 4) is 0 Å². The van der Waals surface area contributed by atoms with Gasteiger partial charge in [-0.1, -0.05) is 69.3 Å². The van der Waals surface area contributed by atoms with Gasteiger partial charge in [-0.05, 0) is 90.3 Å².